The topological polar surface area (TPSA) is 94.8 Å². The third-order valence-electron chi connectivity index (χ3n) is 5.30. The third kappa shape index (κ3) is 3.31. The van der Waals surface area contributed by atoms with Crippen LogP contribution in [0.15, 0.2) is 15.7 Å². The molecule has 6 heteroatoms. The van der Waals surface area contributed by atoms with Crippen molar-refractivity contribution >= 4 is 5.91 Å². The summed E-state index contributed by atoms with van der Waals surface area (Å²) >= 11 is 0. The van der Waals surface area contributed by atoms with Gasteiger partial charge < -0.3 is 10.3 Å². The molecule has 0 aromatic carbocycles. The molecule has 2 atom stereocenters. The molecule has 3 fully saturated rings. The Morgan fingerprint density at radius 1 is 1.27 bits per heavy atom. The van der Waals surface area contributed by atoms with Gasteiger partial charge in [-0.3, -0.25) is 14.6 Å². The van der Waals surface area contributed by atoms with Crippen molar-refractivity contribution in [3.8, 4) is 0 Å². The minimum atomic E-state index is -0.576. The largest absolute Gasteiger partial charge is 0.353 e. The van der Waals surface area contributed by atoms with Crippen LogP contribution in [0.2, 0.25) is 0 Å². The molecule has 6 nitrogen and oxygen atoms in total. The summed E-state index contributed by atoms with van der Waals surface area (Å²) in [4.78, 5) is 39.2. The highest BCUT2D eigenvalue weighted by Gasteiger charge is 2.38. The van der Waals surface area contributed by atoms with Gasteiger partial charge >= 0.3 is 5.69 Å². The quantitative estimate of drug-likeness (QED) is 0.772. The van der Waals surface area contributed by atoms with Crippen molar-refractivity contribution in [2.45, 2.75) is 51.5 Å². The number of fused-ring (bicyclic) bond motifs is 3. The lowest BCUT2D eigenvalue weighted by atomic mass is 9.63. The molecular weight excluding hydrogens is 282 g/mol. The van der Waals surface area contributed by atoms with Gasteiger partial charge in [0.25, 0.3) is 5.56 Å². The van der Waals surface area contributed by atoms with E-state index in [4.69, 9.17) is 0 Å². The average molecular weight is 305 g/mol. The first-order valence-electron chi connectivity index (χ1n) is 8.13. The Labute approximate surface area is 128 Å². The first kappa shape index (κ1) is 15.1. The molecule has 1 amide bonds. The van der Waals surface area contributed by atoms with Gasteiger partial charge in [0.2, 0.25) is 5.91 Å². The zero-order chi connectivity index (χ0) is 15.7. The Morgan fingerprint density at radius 2 is 2.00 bits per heavy atom. The summed E-state index contributed by atoms with van der Waals surface area (Å²) in [6.07, 6.45) is 6.51. The number of hydrogen-bond acceptors (Lipinski definition) is 3. The Hall–Kier alpha value is -1.85. The number of rotatable bonds is 4. The number of H-pyrrole nitrogens is 2. The Balaban J connectivity index is 1.59. The lowest BCUT2D eigenvalue weighted by Gasteiger charge is -2.45. The van der Waals surface area contributed by atoms with E-state index in [9.17, 15) is 14.4 Å². The standard InChI is InChI=1S/C16H23N3O3/c1-9(13-6-10-2-4-11(13)5-3-10)17-14(20)7-12-8-15(21)19-16(22)18-12/h8-11,13H,2-7H2,1H3,(H,17,20)(H2,18,19,21,22). The Morgan fingerprint density at radius 3 is 2.59 bits per heavy atom. The Bertz CT molecular complexity index is 627. The maximum Gasteiger partial charge on any atom is 0.325 e. The van der Waals surface area contributed by atoms with Crippen LogP contribution in [0, 0.1) is 17.8 Å². The highest BCUT2D eigenvalue weighted by Crippen LogP contribution is 2.46. The second-order valence-electron chi connectivity index (χ2n) is 6.83. The van der Waals surface area contributed by atoms with Crippen molar-refractivity contribution in [3.63, 3.8) is 0 Å². The van der Waals surface area contributed by atoms with Crippen LogP contribution in [-0.2, 0) is 11.2 Å². The van der Waals surface area contributed by atoms with E-state index in [1.807, 2.05) is 0 Å². The van der Waals surface area contributed by atoms with E-state index in [2.05, 4.69) is 22.2 Å². The van der Waals surface area contributed by atoms with Gasteiger partial charge in [-0.05, 0) is 43.9 Å². The van der Waals surface area contributed by atoms with Gasteiger partial charge in [0.15, 0.2) is 0 Å². The zero-order valence-electron chi connectivity index (χ0n) is 12.9. The number of aromatic amines is 2. The summed E-state index contributed by atoms with van der Waals surface area (Å²) in [5.74, 6) is 1.99. The minimum absolute atomic E-state index is 0.0321. The van der Waals surface area contributed by atoms with Crippen molar-refractivity contribution < 1.29 is 4.79 Å². The van der Waals surface area contributed by atoms with Gasteiger partial charge in [0.05, 0.1) is 6.42 Å². The summed E-state index contributed by atoms with van der Waals surface area (Å²) in [7, 11) is 0. The predicted octanol–water partition coefficient (Wildman–Crippen LogP) is 0.937. The van der Waals surface area contributed by atoms with Gasteiger partial charge in [-0.15, -0.1) is 0 Å². The average Bonchev–Trinajstić information content (AvgIpc) is 2.47. The van der Waals surface area contributed by atoms with Crippen molar-refractivity contribution in [2.24, 2.45) is 17.8 Å². The maximum absolute atomic E-state index is 12.1. The summed E-state index contributed by atoms with van der Waals surface area (Å²) in [6.45, 7) is 2.07. The third-order valence-corrected chi connectivity index (χ3v) is 5.30. The lowest BCUT2D eigenvalue weighted by Crippen LogP contribution is -2.46. The van der Waals surface area contributed by atoms with Gasteiger partial charge in [0.1, 0.15) is 0 Å². The molecule has 0 spiro atoms. The molecule has 0 saturated heterocycles. The fraction of sp³-hybridized carbons (Fsp3) is 0.688. The smallest absolute Gasteiger partial charge is 0.325 e. The normalized spacial score (nSPS) is 28.3. The molecule has 3 N–H and O–H groups in total. The van der Waals surface area contributed by atoms with E-state index in [-0.39, 0.29) is 18.4 Å². The molecule has 4 rings (SSSR count). The van der Waals surface area contributed by atoms with Gasteiger partial charge in [-0.1, -0.05) is 12.8 Å². The van der Waals surface area contributed by atoms with Crippen LogP contribution >= 0.6 is 0 Å². The first-order chi connectivity index (χ1) is 10.5. The predicted molar refractivity (Wildman–Crippen MR) is 82.5 cm³/mol. The molecule has 2 bridgehead atoms. The van der Waals surface area contributed by atoms with Crippen molar-refractivity contribution in [3.05, 3.63) is 32.6 Å². The number of nitrogens with one attached hydrogen (secondary N) is 3. The second-order valence-corrected chi connectivity index (χ2v) is 6.83. The highest BCUT2D eigenvalue weighted by molar-refractivity contribution is 5.78. The summed E-state index contributed by atoms with van der Waals surface area (Å²) in [6, 6.07) is 1.41. The molecule has 1 aromatic heterocycles. The van der Waals surface area contributed by atoms with Crippen LogP contribution in [0.3, 0.4) is 0 Å². The number of carbonyl (C=O) groups excluding carboxylic acids is 1. The van der Waals surface area contributed by atoms with Gasteiger partial charge in [-0.25, -0.2) is 4.79 Å². The van der Waals surface area contributed by atoms with E-state index in [1.165, 1.54) is 38.2 Å². The summed E-state index contributed by atoms with van der Waals surface area (Å²) in [5.41, 5.74) is -0.708. The van der Waals surface area contributed by atoms with Crippen LogP contribution < -0.4 is 16.6 Å². The number of hydrogen-bond donors (Lipinski definition) is 3. The van der Waals surface area contributed by atoms with Crippen LogP contribution in [0.4, 0.5) is 0 Å². The van der Waals surface area contributed by atoms with E-state index in [0.29, 0.717) is 11.6 Å². The van der Waals surface area contributed by atoms with Crippen LogP contribution in [0.1, 0.15) is 44.7 Å². The monoisotopic (exact) mass is 305 g/mol. The molecule has 3 aliphatic rings. The fourth-order valence-electron chi connectivity index (χ4n) is 4.24. The zero-order valence-corrected chi connectivity index (χ0v) is 12.9. The molecule has 2 unspecified atom stereocenters. The molecule has 3 aliphatic carbocycles. The molecule has 0 aliphatic heterocycles. The Kier molecular flexibility index (Phi) is 4.18. The molecule has 0 radical (unpaired) electrons. The molecule has 22 heavy (non-hydrogen) atoms. The lowest BCUT2D eigenvalue weighted by molar-refractivity contribution is -0.121. The van der Waals surface area contributed by atoms with Crippen molar-refractivity contribution in [1.82, 2.24) is 15.3 Å². The minimum Gasteiger partial charge on any atom is -0.353 e. The summed E-state index contributed by atoms with van der Waals surface area (Å²) in [5, 5.41) is 3.05. The maximum atomic E-state index is 12.1. The SMILES string of the molecule is CC(NC(=O)Cc1cc(=O)[nH]c(=O)[nH]1)C1CC2CCC1CC2. The number of amides is 1. The molecule has 1 heterocycles. The van der Waals surface area contributed by atoms with E-state index < -0.39 is 11.2 Å². The molecular formula is C16H23N3O3. The number of aromatic nitrogens is 2. The molecule has 120 valence electrons. The van der Waals surface area contributed by atoms with E-state index in [0.717, 1.165) is 11.8 Å². The van der Waals surface area contributed by atoms with E-state index >= 15 is 0 Å². The second kappa shape index (κ2) is 6.10. The highest BCUT2D eigenvalue weighted by atomic mass is 16.2. The molecule has 3 saturated carbocycles. The van der Waals surface area contributed by atoms with Gasteiger partial charge in [0, 0.05) is 17.8 Å². The van der Waals surface area contributed by atoms with Crippen LogP contribution in [-0.4, -0.2) is 21.9 Å². The van der Waals surface area contributed by atoms with Gasteiger partial charge in [-0.2, -0.15) is 0 Å². The van der Waals surface area contributed by atoms with Crippen LogP contribution in [0.25, 0.3) is 0 Å². The van der Waals surface area contributed by atoms with Crippen molar-refractivity contribution in [1.29, 1.82) is 0 Å². The number of carbonyl (C=O) groups is 1. The summed E-state index contributed by atoms with van der Waals surface area (Å²) < 4.78 is 0. The van der Waals surface area contributed by atoms with Crippen molar-refractivity contribution in [2.75, 3.05) is 0 Å². The fourth-order valence-corrected chi connectivity index (χ4v) is 4.24. The first-order valence-corrected chi connectivity index (χ1v) is 8.13. The van der Waals surface area contributed by atoms with Crippen LogP contribution in [0.5, 0.6) is 0 Å². The van der Waals surface area contributed by atoms with E-state index in [1.54, 1.807) is 0 Å². The molecule has 1 aromatic rings.